The smallest absolute Gasteiger partial charge is 0.240 e. The molecule has 1 aliphatic heterocycles. The summed E-state index contributed by atoms with van der Waals surface area (Å²) in [5.41, 5.74) is 1.35. The Morgan fingerprint density at radius 1 is 1.19 bits per heavy atom. The highest BCUT2D eigenvalue weighted by Crippen LogP contribution is 2.23. The lowest BCUT2D eigenvalue weighted by atomic mass is 9.97. The van der Waals surface area contributed by atoms with Gasteiger partial charge in [-0.05, 0) is 37.8 Å². The molecule has 2 aromatic rings. The molecule has 1 N–H and O–H groups in total. The van der Waals surface area contributed by atoms with Gasteiger partial charge in [0.25, 0.3) is 0 Å². The van der Waals surface area contributed by atoms with E-state index in [0.29, 0.717) is 23.0 Å². The Labute approximate surface area is 153 Å². The molecule has 0 bridgehead atoms. The van der Waals surface area contributed by atoms with Crippen molar-refractivity contribution in [1.82, 2.24) is 14.7 Å². The minimum Gasteiger partial charge on any atom is -0.354 e. The van der Waals surface area contributed by atoms with Gasteiger partial charge in [0.15, 0.2) is 11.5 Å². The van der Waals surface area contributed by atoms with E-state index in [2.05, 4.69) is 20.8 Å². The van der Waals surface area contributed by atoms with Crippen LogP contribution in [0.4, 0.5) is 5.82 Å². The summed E-state index contributed by atoms with van der Waals surface area (Å²) >= 11 is 0. The predicted octanol–water partition coefficient (Wildman–Crippen LogP) is 1.85. The highest BCUT2D eigenvalue weighted by atomic mass is 32.2. The first kappa shape index (κ1) is 18.3. The molecule has 3 rings (SSSR count). The molecular weight excluding hydrogens is 350 g/mol. The number of benzene rings is 1. The third-order valence-corrected chi connectivity index (χ3v) is 6.03. The number of piperidine rings is 1. The van der Waals surface area contributed by atoms with E-state index in [4.69, 9.17) is 5.26 Å². The first-order chi connectivity index (χ1) is 12.5. The maximum Gasteiger partial charge on any atom is 0.240 e. The summed E-state index contributed by atoms with van der Waals surface area (Å²) in [5, 5.41) is 9.14. The van der Waals surface area contributed by atoms with Gasteiger partial charge < -0.3 is 4.90 Å². The van der Waals surface area contributed by atoms with E-state index >= 15 is 0 Å². The maximum atomic E-state index is 12.4. The fourth-order valence-electron chi connectivity index (χ4n) is 3.02. The fraction of sp³-hybridized carbons (Fsp3) is 0.389. The highest BCUT2D eigenvalue weighted by molar-refractivity contribution is 7.89. The van der Waals surface area contributed by atoms with Crippen molar-refractivity contribution in [3.8, 4) is 6.07 Å². The third kappa shape index (κ3) is 4.18. The fourth-order valence-corrected chi connectivity index (χ4v) is 4.13. The first-order valence-electron chi connectivity index (χ1n) is 8.52. The topological polar surface area (TPSA) is 99.0 Å². The molecular formula is C18H21N5O2S. The molecule has 0 unspecified atom stereocenters. The monoisotopic (exact) mass is 371 g/mol. The molecule has 0 radical (unpaired) electrons. The van der Waals surface area contributed by atoms with Crippen molar-refractivity contribution >= 4 is 15.8 Å². The van der Waals surface area contributed by atoms with Gasteiger partial charge in [0.1, 0.15) is 6.07 Å². The Hall–Kier alpha value is -2.50. The van der Waals surface area contributed by atoms with Gasteiger partial charge >= 0.3 is 0 Å². The number of anilines is 1. The normalized spacial score (nSPS) is 15.6. The van der Waals surface area contributed by atoms with Crippen LogP contribution in [0, 0.1) is 24.2 Å². The number of hydrogen-bond donors (Lipinski definition) is 1. The molecule has 8 heteroatoms. The van der Waals surface area contributed by atoms with Crippen molar-refractivity contribution in [2.75, 3.05) is 24.5 Å². The largest absolute Gasteiger partial charge is 0.354 e. The molecule has 0 aliphatic carbocycles. The van der Waals surface area contributed by atoms with Gasteiger partial charge in [-0.3, -0.25) is 0 Å². The summed E-state index contributed by atoms with van der Waals surface area (Å²) in [5.74, 6) is 0.863. The van der Waals surface area contributed by atoms with E-state index < -0.39 is 10.0 Å². The molecule has 7 nitrogen and oxygen atoms in total. The highest BCUT2D eigenvalue weighted by Gasteiger charge is 2.24. The van der Waals surface area contributed by atoms with E-state index in [1.807, 2.05) is 11.8 Å². The standard InChI is InChI=1S/C18H21N5O2S/c1-14-2-4-16(5-3-14)26(24,25)22-13-15-6-10-23(11-7-15)18-17(12-19)20-8-9-21-18/h2-5,8-9,15,22H,6-7,10-11,13H2,1H3. The Morgan fingerprint density at radius 2 is 1.85 bits per heavy atom. The zero-order chi connectivity index (χ0) is 18.6. The summed E-state index contributed by atoms with van der Waals surface area (Å²) in [6, 6.07) is 8.89. The molecule has 1 aromatic heterocycles. The van der Waals surface area contributed by atoms with E-state index in [1.165, 1.54) is 6.20 Å². The van der Waals surface area contributed by atoms with Crippen LogP contribution in [-0.2, 0) is 10.0 Å². The maximum absolute atomic E-state index is 12.4. The van der Waals surface area contributed by atoms with E-state index in [0.717, 1.165) is 31.5 Å². The summed E-state index contributed by atoms with van der Waals surface area (Å²) < 4.78 is 27.5. The lowest BCUT2D eigenvalue weighted by Crippen LogP contribution is -2.39. The number of aromatic nitrogens is 2. The van der Waals surface area contributed by atoms with Crippen molar-refractivity contribution in [2.24, 2.45) is 5.92 Å². The van der Waals surface area contributed by atoms with Crippen LogP contribution >= 0.6 is 0 Å². The molecule has 1 aromatic carbocycles. The van der Waals surface area contributed by atoms with Gasteiger partial charge in [-0.2, -0.15) is 5.26 Å². The summed E-state index contributed by atoms with van der Waals surface area (Å²) in [6.45, 7) is 3.79. The number of nitrogens with one attached hydrogen (secondary N) is 1. The van der Waals surface area contributed by atoms with Gasteiger partial charge in [-0.1, -0.05) is 17.7 Å². The molecule has 0 spiro atoms. The lowest BCUT2D eigenvalue weighted by Gasteiger charge is -2.32. The van der Waals surface area contributed by atoms with Crippen LogP contribution in [0.25, 0.3) is 0 Å². The van der Waals surface area contributed by atoms with Crippen molar-refractivity contribution < 1.29 is 8.42 Å². The summed E-state index contributed by atoms with van der Waals surface area (Å²) in [6.07, 6.45) is 4.75. The third-order valence-electron chi connectivity index (χ3n) is 4.59. The van der Waals surface area contributed by atoms with Crippen LogP contribution in [0.3, 0.4) is 0 Å². The number of nitriles is 1. The zero-order valence-corrected chi connectivity index (χ0v) is 15.4. The van der Waals surface area contributed by atoms with Crippen LogP contribution in [0.15, 0.2) is 41.6 Å². The number of rotatable bonds is 5. The predicted molar refractivity (Wildman–Crippen MR) is 98.1 cm³/mol. The van der Waals surface area contributed by atoms with Crippen molar-refractivity contribution in [2.45, 2.75) is 24.7 Å². The van der Waals surface area contributed by atoms with Crippen LogP contribution in [0.2, 0.25) is 0 Å². The number of aryl methyl sites for hydroxylation is 1. The molecule has 0 amide bonds. The van der Waals surface area contributed by atoms with Gasteiger partial charge in [0.05, 0.1) is 4.90 Å². The average molecular weight is 371 g/mol. The van der Waals surface area contributed by atoms with Gasteiger partial charge in [-0.15, -0.1) is 0 Å². The second kappa shape index (κ2) is 7.81. The summed E-state index contributed by atoms with van der Waals surface area (Å²) in [4.78, 5) is 10.6. The number of sulfonamides is 1. The van der Waals surface area contributed by atoms with Crippen LogP contribution in [-0.4, -0.2) is 38.0 Å². The van der Waals surface area contributed by atoms with Gasteiger partial charge in [0, 0.05) is 32.0 Å². The molecule has 1 fully saturated rings. The molecule has 2 heterocycles. The molecule has 1 saturated heterocycles. The van der Waals surface area contributed by atoms with E-state index in [9.17, 15) is 8.42 Å². The molecule has 136 valence electrons. The van der Waals surface area contributed by atoms with E-state index in [1.54, 1.807) is 30.5 Å². The van der Waals surface area contributed by atoms with Crippen LogP contribution in [0.1, 0.15) is 24.1 Å². The van der Waals surface area contributed by atoms with Gasteiger partial charge in [0.2, 0.25) is 10.0 Å². The molecule has 26 heavy (non-hydrogen) atoms. The minimum absolute atomic E-state index is 0.258. The quantitative estimate of drug-likeness (QED) is 0.861. The average Bonchev–Trinajstić information content (AvgIpc) is 2.67. The minimum atomic E-state index is -3.48. The Balaban J connectivity index is 1.56. The SMILES string of the molecule is Cc1ccc(S(=O)(=O)NCC2CCN(c3nccnc3C#N)CC2)cc1. The Kier molecular flexibility index (Phi) is 5.49. The second-order valence-electron chi connectivity index (χ2n) is 6.44. The van der Waals surface area contributed by atoms with Crippen molar-refractivity contribution in [3.63, 3.8) is 0 Å². The molecule has 1 aliphatic rings. The van der Waals surface area contributed by atoms with Crippen molar-refractivity contribution in [3.05, 3.63) is 47.9 Å². The van der Waals surface area contributed by atoms with Crippen LogP contribution in [0.5, 0.6) is 0 Å². The second-order valence-corrected chi connectivity index (χ2v) is 8.20. The molecule has 0 saturated carbocycles. The number of nitrogens with zero attached hydrogens (tertiary/aromatic N) is 4. The Bertz CT molecular complexity index is 898. The van der Waals surface area contributed by atoms with Gasteiger partial charge in [-0.25, -0.2) is 23.1 Å². The summed E-state index contributed by atoms with van der Waals surface area (Å²) in [7, 11) is -3.48. The zero-order valence-electron chi connectivity index (χ0n) is 14.6. The lowest BCUT2D eigenvalue weighted by molar-refractivity contribution is 0.400. The Morgan fingerprint density at radius 3 is 2.50 bits per heavy atom. The van der Waals surface area contributed by atoms with Crippen molar-refractivity contribution in [1.29, 1.82) is 5.26 Å². The molecule has 0 atom stereocenters. The van der Waals surface area contributed by atoms with E-state index in [-0.39, 0.29) is 5.92 Å². The first-order valence-corrected chi connectivity index (χ1v) is 10.0. The van der Waals surface area contributed by atoms with Crippen LogP contribution < -0.4 is 9.62 Å². The number of hydrogen-bond acceptors (Lipinski definition) is 6.